The first-order chi connectivity index (χ1) is 10.6. The fourth-order valence-electron chi connectivity index (χ4n) is 2.26. The van der Waals surface area contributed by atoms with Crippen molar-refractivity contribution in [3.63, 3.8) is 0 Å². The summed E-state index contributed by atoms with van der Waals surface area (Å²) in [5.74, 6) is 0.355. The van der Waals surface area contributed by atoms with Crippen molar-refractivity contribution in [3.8, 4) is 0 Å². The third-order valence-electron chi connectivity index (χ3n) is 3.35. The number of hydrogen-bond acceptors (Lipinski definition) is 5. The molecule has 0 aromatic heterocycles. The summed E-state index contributed by atoms with van der Waals surface area (Å²) >= 11 is 1.41. The van der Waals surface area contributed by atoms with Crippen molar-refractivity contribution in [2.75, 3.05) is 11.5 Å². The maximum Gasteiger partial charge on any atom is 0.413 e. The molecule has 1 aromatic rings. The highest BCUT2D eigenvalue weighted by atomic mass is 32.2. The molecule has 0 bridgehead atoms. The molecule has 1 atom stereocenters. The molecule has 1 heterocycles. The van der Waals surface area contributed by atoms with Crippen molar-refractivity contribution in [2.45, 2.75) is 45.3 Å². The zero-order chi connectivity index (χ0) is 17.3. The van der Waals surface area contributed by atoms with Crippen LogP contribution in [-0.2, 0) is 10.3 Å². The normalized spacial score (nSPS) is 21.5. The highest BCUT2D eigenvalue weighted by Gasteiger charge is 2.33. The number of carbonyl (C=O) groups is 1. The Morgan fingerprint density at radius 2 is 2.17 bits per heavy atom. The van der Waals surface area contributed by atoms with Crippen LogP contribution in [0.15, 0.2) is 23.2 Å². The second-order valence-electron chi connectivity index (χ2n) is 6.66. The van der Waals surface area contributed by atoms with Crippen LogP contribution >= 0.6 is 11.8 Å². The van der Waals surface area contributed by atoms with Gasteiger partial charge in [-0.15, -0.1) is 0 Å². The Kier molecular flexibility index (Phi) is 4.89. The average Bonchev–Trinajstić information content (AvgIpc) is 2.39. The lowest BCUT2D eigenvalue weighted by Gasteiger charge is -2.31. The van der Waals surface area contributed by atoms with E-state index in [-0.39, 0.29) is 5.82 Å². The molecule has 23 heavy (non-hydrogen) atoms. The van der Waals surface area contributed by atoms with Crippen molar-refractivity contribution >= 4 is 28.7 Å². The first kappa shape index (κ1) is 17.6. The summed E-state index contributed by atoms with van der Waals surface area (Å²) in [5.41, 5.74) is 5.32. The second kappa shape index (κ2) is 6.39. The maximum atomic E-state index is 14.2. The monoisotopic (exact) mass is 339 g/mol. The van der Waals surface area contributed by atoms with Gasteiger partial charge in [0, 0.05) is 17.0 Å². The van der Waals surface area contributed by atoms with Gasteiger partial charge in [0.1, 0.15) is 11.4 Å². The number of amides is 1. The topological polar surface area (TPSA) is 76.7 Å². The molecule has 1 unspecified atom stereocenters. The minimum atomic E-state index is -0.769. The number of nitrogen functional groups attached to an aromatic ring is 1. The summed E-state index contributed by atoms with van der Waals surface area (Å²) in [5, 5.41) is 3.06. The average molecular weight is 339 g/mol. The van der Waals surface area contributed by atoms with E-state index in [1.165, 1.54) is 23.9 Å². The van der Waals surface area contributed by atoms with Crippen molar-refractivity contribution in [1.82, 2.24) is 5.32 Å². The van der Waals surface area contributed by atoms with E-state index in [2.05, 4.69) is 10.3 Å². The van der Waals surface area contributed by atoms with Gasteiger partial charge in [-0.3, -0.25) is 10.3 Å². The Morgan fingerprint density at radius 1 is 1.48 bits per heavy atom. The zero-order valence-electron chi connectivity index (χ0n) is 13.8. The number of halogens is 1. The van der Waals surface area contributed by atoms with Crippen LogP contribution in [0.4, 0.5) is 14.9 Å². The standard InChI is InChI=1S/C16H22FN3O2S/c1-15(2,3)22-14(21)19-13-20-16(4,7-8-23-13)11-9-10(18)5-6-12(11)17/h5-6,9H,7-8,18H2,1-4H3,(H,19,20,21). The van der Waals surface area contributed by atoms with E-state index >= 15 is 0 Å². The number of ether oxygens (including phenoxy) is 1. The first-order valence-electron chi connectivity index (χ1n) is 7.37. The number of benzene rings is 1. The molecule has 0 aliphatic carbocycles. The predicted octanol–water partition coefficient (Wildman–Crippen LogP) is 3.64. The summed E-state index contributed by atoms with van der Waals surface area (Å²) < 4.78 is 19.4. The number of thioether (sulfide) groups is 1. The number of anilines is 1. The van der Waals surface area contributed by atoms with Gasteiger partial charge in [0.2, 0.25) is 0 Å². The second-order valence-corrected chi connectivity index (χ2v) is 7.74. The predicted molar refractivity (Wildman–Crippen MR) is 92.0 cm³/mol. The van der Waals surface area contributed by atoms with Crippen molar-refractivity contribution in [2.24, 2.45) is 4.99 Å². The van der Waals surface area contributed by atoms with Crippen molar-refractivity contribution in [1.29, 1.82) is 0 Å². The van der Waals surface area contributed by atoms with Gasteiger partial charge in [-0.2, -0.15) is 0 Å². The third-order valence-corrected chi connectivity index (χ3v) is 4.23. The van der Waals surface area contributed by atoms with Crippen LogP contribution in [0, 0.1) is 5.82 Å². The summed E-state index contributed by atoms with van der Waals surface area (Å²) in [6, 6.07) is 4.46. The van der Waals surface area contributed by atoms with Crippen LogP contribution in [0.2, 0.25) is 0 Å². The Labute approximate surface area is 139 Å². The molecule has 2 rings (SSSR count). The number of alkyl carbamates (subject to hydrolysis) is 1. The minimum absolute atomic E-state index is 0.353. The van der Waals surface area contributed by atoms with Gasteiger partial charge in [0.05, 0.1) is 5.54 Å². The number of amidine groups is 1. The van der Waals surface area contributed by atoms with Crippen LogP contribution in [-0.4, -0.2) is 22.6 Å². The minimum Gasteiger partial charge on any atom is -0.444 e. The number of nitrogens with two attached hydrogens (primary N) is 1. The molecule has 0 saturated carbocycles. The lowest BCUT2D eigenvalue weighted by atomic mass is 9.89. The number of nitrogens with zero attached hydrogens (tertiary/aromatic N) is 1. The molecular weight excluding hydrogens is 317 g/mol. The van der Waals surface area contributed by atoms with Crippen LogP contribution < -0.4 is 11.1 Å². The van der Waals surface area contributed by atoms with E-state index < -0.39 is 17.2 Å². The largest absolute Gasteiger partial charge is 0.444 e. The molecule has 5 nitrogen and oxygen atoms in total. The molecule has 126 valence electrons. The van der Waals surface area contributed by atoms with Gasteiger partial charge in [-0.1, -0.05) is 11.8 Å². The number of rotatable bonds is 1. The van der Waals surface area contributed by atoms with Crippen LogP contribution in [0.3, 0.4) is 0 Å². The van der Waals surface area contributed by atoms with Crippen molar-refractivity contribution < 1.29 is 13.9 Å². The smallest absolute Gasteiger partial charge is 0.413 e. The van der Waals surface area contributed by atoms with E-state index in [0.717, 1.165) is 0 Å². The lowest BCUT2D eigenvalue weighted by molar-refractivity contribution is 0.0564. The number of aliphatic imine (C=N–C) groups is 1. The van der Waals surface area contributed by atoms with Gasteiger partial charge in [-0.25, -0.2) is 9.18 Å². The molecule has 0 fully saturated rings. The fraction of sp³-hybridized carbons (Fsp3) is 0.500. The van der Waals surface area contributed by atoms with Gasteiger partial charge in [0.25, 0.3) is 0 Å². The molecule has 0 saturated heterocycles. The van der Waals surface area contributed by atoms with E-state index in [1.807, 2.05) is 6.92 Å². The van der Waals surface area contributed by atoms with Gasteiger partial charge in [-0.05, 0) is 52.3 Å². The third kappa shape index (κ3) is 4.60. The lowest BCUT2D eigenvalue weighted by Crippen LogP contribution is -2.38. The highest BCUT2D eigenvalue weighted by Crippen LogP contribution is 2.37. The maximum absolute atomic E-state index is 14.2. The molecule has 1 amide bonds. The SMILES string of the molecule is CC(C)(C)OC(=O)NC1=NC(C)(c2cc(N)ccc2F)CCS1. The zero-order valence-corrected chi connectivity index (χ0v) is 14.6. The van der Waals surface area contributed by atoms with E-state index in [0.29, 0.717) is 28.6 Å². The van der Waals surface area contributed by atoms with E-state index in [4.69, 9.17) is 10.5 Å². The Hall–Kier alpha value is -1.76. The molecular formula is C16H22FN3O2S. The quantitative estimate of drug-likeness (QED) is 0.766. The number of hydrogen-bond donors (Lipinski definition) is 2. The molecule has 0 radical (unpaired) electrons. The van der Waals surface area contributed by atoms with Gasteiger partial charge < -0.3 is 10.5 Å². The molecule has 1 aliphatic heterocycles. The number of carbonyl (C=O) groups excluding carboxylic acids is 1. The Balaban J connectivity index is 2.23. The molecule has 1 aromatic carbocycles. The first-order valence-corrected chi connectivity index (χ1v) is 8.36. The van der Waals surface area contributed by atoms with Crippen molar-refractivity contribution in [3.05, 3.63) is 29.6 Å². The van der Waals surface area contributed by atoms with E-state index in [1.54, 1.807) is 26.8 Å². The molecule has 3 N–H and O–H groups in total. The molecule has 7 heteroatoms. The summed E-state index contributed by atoms with van der Waals surface area (Å²) in [6.07, 6.45) is 0.0819. The molecule has 1 aliphatic rings. The van der Waals surface area contributed by atoms with E-state index in [9.17, 15) is 9.18 Å². The van der Waals surface area contributed by atoms with Gasteiger partial charge >= 0.3 is 6.09 Å². The Bertz CT molecular complexity index is 643. The van der Waals surface area contributed by atoms with Crippen LogP contribution in [0.5, 0.6) is 0 Å². The molecule has 0 spiro atoms. The Morgan fingerprint density at radius 3 is 2.83 bits per heavy atom. The fourth-order valence-corrected chi connectivity index (χ4v) is 3.38. The summed E-state index contributed by atoms with van der Waals surface area (Å²) in [7, 11) is 0. The van der Waals surface area contributed by atoms with Crippen LogP contribution in [0.1, 0.15) is 39.7 Å². The van der Waals surface area contributed by atoms with Crippen LogP contribution in [0.25, 0.3) is 0 Å². The summed E-state index contributed by atoms with van der Waals surface area (Å²) in [4.78, 5) is 16.4. The van der Waals surface area contributed by atoms with Gasteiger partial charge in [0.15, 0.2) is 5.17 Å². The summed E-state index contributed by atoms with van der Waals surface area (Å²) in [6.45, 7) is 7.19. The highest BCUT2D eigenvalue weighted by molar-refractivity contribution is 8.13. The number of nitrogens with one attached hydrogen (secondary N) is 1.